The maximum Gasteiger partial charge on any atom is 0.262 e. The van der Waals surface area contributed by atoms with Crippen LogP contribution in [0.2, 0.25) is 0 Å². The van der Waals surface area contributed by atoms with Gasteiger partial charge in [0.15, 0.2) is 6.61 Å². The SMILES string of the molecule is CCC(C)c1ccccc1OCC(=O)Nc1cc(OC)ccc1N.Cl. The summed E-state index contributed by atoms with van der Waals surface area (Å²) in [5.74, 6) is 1.47. The molecule has 0 heterocycles. The number of methoxy groups -OCH3 is 1. The summed E-state index contributed by atoms with van der Waals surface area (Å²) in [7, 11) is 1.56. The van der Waals surface area contributed by atoms with E-state index in [9.17, 15) is 4.79 Å². The topological polar surface area (TPSA) is 73.6 Å². The molecule has 0 aliphatic heterocycles. The summed E-state index contributed by atoms with van der Waals surface area (Å²) < 4.78 is 10.8. The molecule has 0 radical (unpaired) electrons. The molecule has 1 atom stereocenters. The molecule has 2 rings (SSSR count). The highest BCUT2D eigenvalue weighted by atomic mass is 35.5. The summed E-state index contributed by atoms with van der Waals surface area (Å²) in [6, 6.07) is 12.9. The molecule has 3 N–H and O–H groups in total. The van der Waals surface area contributed by atoms with E-state index in [4.69, 9.17) is 15.2 Å². The third-order valence-corrected chi connectivity index (χ3v) is 3.96. The number of anilines is 2. The lowest BCUT2D eigenvalue weighted by molar-refractivity contribution is -0.118. The second-order valence-electron chi connectivity index (χ2n) is 5.64. The third-order valence-electron chi connectivity index (χ3n) is 3.96. The number of nitrogens with one attached hydrogen (secondary N) is 1. The number of carbonyl (C=O) groups excluding carboxylic acids is 1. The van der Waals surface area contributed by atoms with Gasteiger partial charge in [-0.1, -0.05) is 32.0 Å². The minimum atomic E-state index is -0.270. The average Bonchev–Trinajstić information content (AvgIpc) is 2.61. The quantitative estimate of drug-likeness (QED) is 0.721. The highest BCUT2D eigenvalue weighted by molar-refractivity contribution is 5.95. The number of amides is 1. The number of nitrogens with two attached hydrogens (primary N) is 1. The van der Waals surface area contributed by atoms with Gasteiger partial charge in [0, 0.05) is 6.07 Å². The van der Waals surface area contributed by atoms with Crippen LogP contribution in [0, 0.1) is 0 Å². The number of ether oxygens (including phenoxy) is 2. The summed E-state index contributed by atoms with van der Waals surface area (Å²) in [6.07, 6.45) is 1.01. The maximum absolute atomic E-state index is 12.2. The fraction of sp³-hybridized carbons (Fsp3) is 0.316. The lowest BCUT2D eigenvalue weighted by Gasteiger charge is -2.16. The van der Waals surface area contributed by atoms with Crippen molar-refractivity contribution < 1.29 is 14.3 Å². The van der Waals surface area contributed by atoms with Crippen LogP contribution in [0.3, 0.4) is 0 Å². The Labute approximate surface area is 154 Å². The molecule has 0 aliphatic carbocycles. The van der Waals surface area contributed by atoms with Gasteiger partial charge >= 0.3 is 0 Å². The fourth-order valence-electron chi connectivity index (χ4n) is 2.34. The number of carbonyl (C=O) groups is 1. The molecule has 2 aromatic rings. The number of hydrogen-bond acceptors (Lipinski definition) is 4. The Hall–Kier alpha value is -2.40. The van der Waals surface area contributed by atoms with Crippen LogP contribution in [0.1, 0.15) is 31.7 Å². The van der Waals surface area contributed by atoms with E-state index in [1.807, 2.05) is 24.3 Å². The Balaban J connectivity index is 0.00000312. The first-order valence-electron chi connectivity index (χ1n) is 8.00. The lowest BCUT2D eigenvalue weighted by Crippen LogP contribution is -2.21. The molecule has 136 valence electrons. The Kier molecular flexibility index (Phi) is 8.08. The van der Waals surface area contributed by atoms with Crippen molar-refractivity contribution in [3.8, 4) is 11.5 Å². The summed E-state index contributed by atoms with van der Waals surface area (Å²) in [5, 5.41) is 2.75. The van der Waals surface area contributed by atoms with Gasteiger partial charge in [-0.15, -0.1) is 12.4 Å². The van der Waals surface area contributed by atoms with E-state index in [0.29, 0.717) is 23.0 Å². The lowest BCUT2D eigenvalue weighted by atomic mass is 9.98. The van der Waals surface area contributed by atoms with E-state index in [-0.39, 0.29) is 24.9 Å². The zero-order valence-electron chi connectivity index (χ0n) is 14.7. The molecule has 0 saturated heterocycles. The van der Waals surface area contributed by atoms with Gasteiger partial charge < -0.3 is 20.5 Å². The first kappa shape index (κ1) is 20.6. The van der Waals surface area contributed by atoms with Crippen LogP contribution in [-0.2, 0) is 4.79 Å². The summed E-state index contributed by atoms with van der Waals surface area (Å²) in [5.41, 5.74) is 7.96. The van der Waals surface area contributed by atoms with Crippen molar-refractivity contribution in [2.24, 2.45) is 0 Å². The second kappa shape index (κ2) is 9.79. The van der Waals surface area contributed by atoms with Gasteiger partial charge in [0.1, 0.15) is 11.5 Å². The van der Waals surface area contributed by atoms with E-state index >= 15 is 0 Å². The third kappa shape index (κ3) is 5.57. The van der Waals surface area contributed by atoms with Crippen molar-refractivity contribution >= 4 is 29.7 Å². The molecule has 25 heavy (non-hydrogen) atoms. The number of rotatable bonds is 7. The van der Waals surface area contributed by atoms with Crippen molar-refractivity contribution in [3.63, 3.8) is 0 Å². The molecule has 0 fully saturated rings. The van der Waals surface area contributed by atoms with Crippen LogP contribution in [0.5, 0.6) is 11.5 Å². The highest BCUT2D eigenvalue weighted by Gasteiger charge is 2.12. The fourth-order valence-corrected chi connectivity index (χ4v) is 2.34. The second-order valence-corrected chi connectivity index (χ2v) is 5.64. The number of benzene rings is 2. The Morgan fingerprint density at radius 3 is 2.64 bits per heavy atom. The standard InChI is InChI=1S/C19H24N2O3.ClH/c1-4-13(2)15-7-5-6-8-18(15)24-12-19(22)21-17-11-14(23-3)9-10-16(17)20;/h5-11,13H,4,12,20H2,1-3H3,(H,21,22);1H. The van der Waals surface area contributed by atoms with Crippen LogP contribution in [-0.4, -0.2) is 19.6 Å². The average molecular weight is 365 g/mol. The molecule has 1 unspecified atom stereocenters. The van der Waals surface area contributed by atoms with Gasteiger partial charge in [0.2, 0.25) is 0 Å². The van der Waals surface area contributed by atoms with Gasteiger partial charge in [-0.2, -0.15) is 0 Å². The van der Waals surface area contributed by atoms with Crippen molar-refractivity contribution in [1.82, 2.24) is 0 Å². The normalized spacial score (nSPS) is 11.2. The van der Waals surface area contributed by atoms with E-state index in [2.05, 4.69) is 19.2 Å². The molecule has 0 spiro atoms. The molecule has 0 aromatic heterocycles. The molecule has 6 heteroatoms. The molecular formula is C19H25ClN2O3. The minimum Gasteiger partial charge on any atom is -0.497 e. The van der Waals surface area contributed by atoms with E-state index < -0.39 is 0 Å². The van der Waals surface area contributed by atoms with Crippen molar-refractivity contribution in [1.29, 1.82) is 0 Å². The predicted molar refractivity (Wildman–Crippen MR) is 104 cm³/mol. The summed E-state index contributed by atoms with van der Waals surface area (Å²) in [6.45, 7) is 4.18. The largest absolute Gasteiger partial charge is 0.497 e. The van der Waals surface area contributed by atoms with Crippen LogP contribution in [0.4, 0.5) is 11.4 Å². The number of para-hydroxylation sites is 1. The zero-order chi connectivity index (χ0) is 17.5. The predicted octanol–water partition coefficient (Wildman–Crippen LogP) is 4.23. The van der Waals surface area contributed by atoms with Crippen LogP contribution < -0.4 is 20.5 Å². The van der Waals surface area contributed by atoms with Gasteiger partial charge in [-0.3, -0.25) is 4.79 Å². The summed E-state index contributed by atoms with van der Waals surface area (Å²) in [4.78, 5) is 12.2. The first-order chi connectivity index (χ1) is 11.5. The van der Waals surface area contributed by atoms with Crippen molar-refractivity contribution in [3.05, 3.63) is 48.0 Å². The van der Waals surface area contributed by atoms with Gasteiger partial charge in [-0.05, 0) is 36.1 Å². The smallest absolute Gasteiger partial charge is 0.262 e. The molecule has 2 aromatic carbocycles. The van der Waals surface area contributed by atoms with Gasteiger partial charge in [-0.25, -0.2) is 0 Å². The first-order valence-corrected chi connectivity index (χ1v) is 8.00. The minimum absolute atomic E-state index is 0. The van der Waals surface area contributed by atoms with E-state index in [1.54, 1.807) is 25.3 Å². The van der Waals surface area contributed by atoms with Gasteiger partial charge in [0.05, 0.1) is 18.5 Å². The summed E-state index contributed by atoms with van der Waals surface area (Å²) >= 11 is 0. The molecule has 0 aliphatic rings. The molecule has 0 bridgehead atoms. The molecule has 0 saturated carbocycles. The van der Waals surface area contributed by atoms with Crippen LogP contribution in [0.25, 0.3) is 0 Å². The zero-order valence-corrected chi connectivity index (χ0v) is 15.6. The monoisotopic (exact) mass is 364 g/mol. The van der Waals surface area contributed by atoms with Gasteiger partial charge in [0.25, 0.3) is 5.91 Å². The molecule has 5 nitrogen and oxygen atoms in total. The number of nitrogen functional groups attached to an aromatic ring is 1. The Bertz CT molecular complexity index is 707. The molecular weight excluding hydrogens is 340 g/mol. The molecule has 1 amide bonds. The number of halogens is 1. The van der Waals surface area contributed by atoms with Crippen LogP contribution in [0.15, 0.2) is 42.5 Å². The number of hydrogen-bond donors (Lipinski definition) is 2. The van der Waals surface area contributed by atoms with Crippen molar-refractivity contribution in [2.45, 2.75) is 26.2 Å². The Morgan fingerprint density at radius 2 is 1.96 bits per heavy atom. The van der Waals surface area contributed by atoms with Crippen LogP contribution >= 0.6 is 12.4 Å². The van der Waals surface area contributed by atoms with E-state index in [0.717, 1.165) is 17.7 Å². The maximum atomic E-state index is 12.2. The Morgan fingerprint density at radius 1 is 1.24 bits per heavy atom. The van der Waals surface area contributed by atoms with Crippen molar-refractivity contribution in [2.75, 3.05) is 24.8 Å². The highest BCUT2D eigenvalue weighted by Crippen LogP contribution is 2.28. The van der Waals surface area contributed by atoms with E-state index in [1.165, 1.54) is 0 Å².